The van der Waals surface area contributed by atoms with Crippen molar-refractivity contribution in [2.45, 2.75) is 13.8 Å². The van der Waals surface area contributed by atoms with Gasteiger partial charge in [0.1, 0.15) is 5.75 Å². The van der Waals surface area contributed by atoms with Crippen molar-refractivity contribution in [1.82, 2.24) is 15.0 Å². The Kier molecular flexibility index (Phi) is 4.48. The van der Waals surface area contributed by atoms with Crippen molar-refractivity contribution >= 4 is 5.95 Å². The third-order valence-corrected chi connectivity index (χ3v) is 2.52. The molecule has 0 atom stereocenters. The van der Waals surface area contributed by atoms with E-state index >= 15 is 0 Å². The Morgan fingerprint density at radius 3 is 2.71 bits per heavy atom. The maximum atomic E-state index is 8.92. The van der Waals surface area contributed by atoms with Gasteiger partial charge >= 0.3 is 12.0 Å². The average Bonchev–Trinajstić information content (AvgIpc) is 2.49. The van der Waals surface area contributed by atoms with Crippen molar-refractivity contribution in [3.63, 3.8) is 0 Å². The van der Waals surface area contributed by atoms with E-state index in [0.717, 1.165) is 5.56 Å². The summed E-state index contributed by atoms with van der Waals surface area (Å²) in [5.74, 6) is 5.90. The molecule has 0 spiro atoms. The monoisotopic (exact) mass is 286 g/mol. The molecule has 8 nitrogen and oxygen atoms in total. The molecular formula is C13H14N6O2. The molecule has 21 heavy (non-hydrogen) atoms. The molecule has 0 unspecified atom stereocenters. The number of hydrogen-bond acceptors (Lipinski definition) is 8. The molecule has 1 aromatic carbocycles. The Morgan fingerprint density at radius 1 is 1.29 bits per heavy atom. The maximum Gasteiger partial charge on any atom is 0.330 e. The standard InChI is InChI=1S/C13H14N6O2/c1-3-20-12-16-11(19-15)17-13(18-12)21-10-6-9(7-14)5-4-8(10)2/h4-6H,3,15H2,1-2H3,(H,16,17,18,19). The number of rotatable bonds is 5. The van der Waals surface area contributed by atoms with Crippen molar-refractivity contribution in [3.05, 3.63) is 29.3 Å². The topological polar surface area (TPSA) is 119 Å². The van der Waals surface area contributed by atoms with Crippen LogP contribution in [0.4, 0.5) is 5.95 Å². The van der Waals surface area contributed by atoms with Crippen LogP contribution in [0.2, 0.25) is 0 Å². The summed E-state index contributed by atoms with van der Waals surface area (Å²) in [6.07, 6.45) is 0. The Bertz CT molecular complexity index is 683. The van der Waals surface area contributed by atoms with E-state index in [1.54, 1.807) is 25.1 Å². The van der Waals surface area contributed by atoms with E-state index in [9.17, 15) is 0 Å². The van der Waals surface area contributed by atoms with Gasteiger partial charge in [-0.15, -0.1) is 4.98 Å². The van der Waals surface area contributed by atoms with Crippen molar-refractivity contribution in [1.29, 1.82) is 5.26 Å². The van der Waals surface area contributed by atoms with Crippen LogP contribution in [0.25, 0.3) is 0 Å². The summed E-state index contributed by atoms with van der Waals surface area (Å²) >= 11 is 0. The molecule has 0 saturated heterocycles. The summed E-state index contributed by atoms with van der Waals surface area (Å²) in [6, 6.07) is 7.26. The Hall–Kier alpha value is -2.92. The summed E-state index contributed by atoms with van der Waals surface area (Å²) in [5, 5.41) is 8.92. The van der Waals surface area contributed by atoms with Crippen LogP contribution in [0.5, 0.6) is 17.8 Å². The van der Waals surface area contributed by atoms with Gasteiger partial charge in [-0.25, -0.2) is 5.84 Å². The molecular weight excluding hydrogens is 272 g/mol. The fourth-order valence-electron chi connectivity index (χ4n) is 1.52. The van der Waals surface area contributed by atoms with E-state index in [0.29, 0.717) is 17.9 Å². The number of hydrazine groups is 1. The van der Waals surface area contributed by atoms with E-state index in [4.69, 9.17) is 20.6 Å². The van der Waals surface area contributed by atoms with Gasteiger partial charge in [0.2, 0.25) is 5.95 Å². The number of hydrogen-bond donors (Lipinski definition) is 2. The first-order valence-electron chi connectivity index (χ1n) is 6.20. The van der Waals surface area contributed by atoms with Gasteiger partial charge in [0.25, 0.3) is 0 Å². The molecule has 108 valence electrons. The van der Waals surface area contributed by atoms with Gasteiger partial charge in [-0.05, 0) is 31.5 Å². The SMILES string of the molecule is CCOc1nc(NN)nc(Oc2cc(C#N)ccc2C)n1. The van der Waals surface area contributed by atoms with Crippen molar-refractivity contribution in [2.75, 3.05) is 12.0 Å². The number of nitriles is 1. The highest BCUT2D eigenvalue weighted by molar-refractivity contribution is 5.43. The molecule has 8 heteroatoms. The Balaban J connectivity index is 2.34. The Labute approximate surface area is 121 Å². The lowest BCUT2D eigenvalue weighted by Gasteiger charge is -2.09. The van der Waals surface area contributed by atoms with E-state index in [1.807, 2.05) is 13.0 Å². The largest absolute Gasteiger partial charge is 0.464 e. The van der Waals surface area contributed by atoms with E-state index in [2.05, 4.69) is 20.4 Å². The first-order chi connectivity index (χ1) is 10.2. The molecule has 0 amide bonds. The number of anilines is 1. The van der Waals surface area contributed by atoms with Crippen LogP contribution in [-0.2, 0) is 0 Å². The molecule has 3 N–H and O–H groups in total. The molecule has 1 aromatic heterocycles. The molecule has 0 bridgehead atoms. The second-order valence-electron chi connectivity index (χ2n) is 4.00. The lowest BCUT2D eigenvalue weighted by atomic mass is 10.1. The van der Waals surface area contributed by atoms with E-state index in [-0.39, 0.29) is 18.0 Å². The third kappa shape index (κ3) is 3.55. The highest BCUT2D eigenvalue weighted by Gasteiger charge is 2.10. The molecule has 0 aliphatic carbocycles. The molecule has 0 fully saturated rings. The summed E-state index contributed by atoms with van der Waals surface area (Å²) in [5.41, 5.74) is 3.64. The second-order valence-corrected chi connectivity index (χ2v) is 4.00. The fourth-order valence-corrected chi connectivity index (χ4v) is 1.52. The number of nitrogens with one attached hydrogen (secondary N) is 1. The van der Waals surface area contributed by atoms with Crippen LogP contribution >= 0.6 is 0 Å². The number of aromatic nitrogens is 3. The van der Waals surface area contributed by atoms with E-state index in [1.165, 1.54) is 0 Å². The molecule has 0 aliphatic rings. The van der Waals surface area contributed by atoms with Crippen LogP contribution in [-0.4, -0.2) is 21.6 Å². The minimum Gasteiger partial charge on any atom is -0.464 e. The first-order valence-corrected chi connectivity index (χ1v) is 6.20. The normalized spacial score (nSPS) is 9.81. The highest BCUT2D eigenvalue weighted by Crippen LogP contribution is 2.25. The summed E-state index contributed by atoms with van der Waals surface area (Å²) in [4.78, 5) is 11.9. The number of nitrogen functional groups attached to an aromatic ring is 1. The number of aryl methyl sites for hydroxylation is 1. The van der Waals surface area contributed by atoms with Gasteiger partial charge < -0.3 is 9.47 Å². The van der Waals surface area contributed by atoms with Gasteiger partial charge in [0, 0.05) is 0 Å². The van der Waals surface area contributed by atoms with Gasteiger partial charge in [-0.2, -0.15) is 15.2 Å². The molecule has 0 radical (unpaired) electrons. The summed E-state index contributed by atoms with van der Waals surface area (Å²) in [7, 11) is 0. The molecule has 0 saturated carbocycles. The van der Waals surface area contributed by atoms with Gasteiger partial charge in [0.05, 0.1) is 18.2 Å². The minimum absolute atomic E-state index is 0.0274. The van der Waals surface area contributed by atoms with E-state index < -0.39 is 0 Å². The molecule has 1 heterocycles. The Morgan fingerprint density at radius 2 is 2.05 bits per heavy atom. The lowest BCUT2D eigenvalue weighted by molar-refractivity contribution is 0.303. The predicted molar refractivity (Wildman–Crippen MR) is 74.8 cm³/mol. The molecule has 2 rings (SSSR count). The number of ether oxygens (including phenoxy) is 2. The lowest BCUT2D eigenvalue weighted by Crippen LogP contribution is -2.13. The quantitative estimate of drug-likeness (QED) is 0.627. The first kappa shape index (κ1) is 14.5. The van der Waals surface area contributed by atoms with Gasteiger partial charge in [-0.3, -0.25) is 5.43 Å². The van der Waals surface area contributed by atoms with Gasteiger partial charge in [-0.1, -0.05) is 6.07 Å². The van der Waals surface area contributed by atoms with Crippen LogP contribution in [0.3, 0.4) is 0 Å². The molecule has 0 aliphatic heterocycles. The smallest absolute Gasteiger partial charge is 0.330 e. The summed E-state index contributed by atoms with van der Waals surface area (Å²) < 4.78 is 10.8. The zero-order chi connectivity index (χ0) is 15.2. The minimum atomic E-state index is 0.0274. The molecule has 2 aromatic rings. The average molecular weight is 286 g/mol. The highest BCUT2D eigenvalue weighted by atomic mass is 16.5. The number of benzene rings is 1. The van der Waals surface area contributed by atoms with Crippen molar-refractivity contribution in [2.24, 2.45) is 5.84 Å². The third-order valence-electron chi connectivity index (χ3n) is 2.52. The number of nitrogens with two attached hydrogens (primary N) is 1. The van der Waals surface area contributed by atoms with Crippen LogP contribution in [0.1, 0.15) is 18.1 Å². The van der Waals surface area contributed by atoms with Crippen molar-refractivity contribution in [3.8, 4) is 23.8 Å². The maximum absolute atomic E-state index is 8.92. The van der Waals surface area contributed by atoms with Crippen LogP contribution in [0, 0.1) is 18.3 Å². The van der Waals surface area contributed by atoms with Gasteiger partial charge in [0.15, 0.2) is 0 Å². The van der Waals surface area contributed by atoms with Crippen LogP contribution in [0.15, 0.2) is 18.2 Å². The van der Waals surface area contributed by atoms with Crippen LogP contribution < -0.4 is 20.7 Å². The number of nitrogens with zero attached hydrogens (tertiary/aromatic N) is 4. The predicted octanol–water partition coefficient (Wildman–Crippen LogP) is 1.53. The second kappa shape index (κ2) is 6.49. The summed E-state index contributed by atoms with van der Waals surface area (Å²) in [6.45, 7) is 4.06. The zero-order valence-electron chi connectivity index (χ0n) is 11.6. The fraction of sp³-hybridized carbons (Fsp3) is 0.231. The van der Waals surface area contributed by atoms with Crippen molar-refractivity contribution < 1.29 is 9.47 Å². The zero-order valence-corrected chi connectivity index (χ0v) is 11.6.